The zero-order chi connectivity index (χ0) is 16.2. The van der Waals surface area contributed by atoms with Crippen molar-refractivity contribution in [3.05, 3.63) is 41.8 Å². The number of allylic oxidation sites excluding steroid dienone is 4. The van der Waals surface area contributed by atoms with Crippen molar-refractivity contribution < 1.29 is 0 Å². The van der Waals surface area contributed by atoms with Crippen molar-refractivity contribution in [2.75, 3.05) is 0 Å². The topological polar surface area (TPSA) is 38.7 Å². The zero-order valence-corrected chi connectivity index (χ0v) is 14.7. The Hall–Kier alpha value is -1.51. The molecule has 1 saturated carbocycles. The number of aromatic nitrogens is 3. The van der Waals surface area contributed by atoms with E-state index in [0.29, 0.717) is 17.8 Å². The van der Waals surface area contributed by atoms with Gasteiger partial charge in [0.25, 0.3) is 0 Å². The molecule has 1 aromatic heterocycles. The molecule has 4 rings (SSSR count). The van der Waals surface area contributed by atoms with Crippen LogP contribution in [0.5, 0.6) is 0 Å². The third-order valence-corrected chi connectivity index (χ3v) is 5.88. The summed E-state index contributed by atoms with van der Waals surface area (Å²) < 4.78 is 0. The van der Waals surface area contributed by atoms with Gasteiger partial charge in [0.05, 0.1) is 0 Å². The van der Waals surface area contributed by atoms with Crippen molar-refractivity contribution in [3.8, 4) is 0 Å². The van der Waals surface area contributed by atoms with Crippen LogP contribution in [0.25, 0.3) is 0 Å². The van der Waals surface area contributed by atoms with Crippen molar-refractivity contribution in [1.82, 2.24) is 15.0 Å². The highest BCUT2D eigenvalue weighted by atomic mass is 15.0. The van der Waals surface area contributed by atoms with Crippen molar-refractivity contribution in [1.29, 1.82) is 0 Å². The van der Waals surface area contributed by atoms with Crippen molar-refractivity contribution in [2.45, 2.75) is 88.4 Å². The highest BCUT2D eigenvalue weighted by Crippen LogP contribution is 2.34. The molecule has 1 heterocycles. The zero-order valence-electron chi connectivity index (χ0n) is 14.7. The van der Waals surface area contributed by atoms with Crippen molar-refractivity contribution in [3.63, 3.8) is 0 Å². The summed E-state index contributed by atoms with van der Waals surface area (Å²) in [6.07, 6.45) is 22.9. The van der Waals surface area contributed by atoms with E-state index >= 15 is 0 Å². The van der Waals surface area contributed by atoms with Crippen LogP contribution in [0, 0.1) is 0 Å². The van der Waals surface area contributed by atoms with Gasteiger partial charge in [-0.2, -0.15) is 0 Å². The molecule has 24 heavy (non-hydrogen) atoms. The van der Waals surface area contributed by atoms with E-state index in [-0.39, 0.29) is 0 Å². The van der Waals surface area contributed by atoms with Gasteiger partial charge in [-0.1, -0.05) is 43.6 Å². The van der Waals surface area contributed by atoms with Gasteiger partial charge in [0.2, 0.25) is 0 Å². The number of hydrogen-bond acceptors (Lipinski definition) is 3. The first-order valence-electron chi connectivity index (χ1n) is 9.97. The van der Waals surface area contributed by atoms with E-state index in [1.54, 1.807) is 0 Å². The van der Waals surface area contributed by atoms with Gasteiger partial charge in [0.1, 0.15) is 17.5 Å². The van der Waals surface area contributed by atoms with Crippen LogP contribution >= 0.6 is 0 Å². The van der Waals surface area contributed by atoms with E-state index in [1.165, 1.54) is 57.8 Å². The van der Waals surface area contributed by atoms with Crippen LogP contribution in [0.2, 0.25) is 0 Å². The molecule has 2 atom stereocenters. The van der Waals surface area contributed by atoms with Crippen molar-refractivity contribution in [2.24, 2.45) is 0 Å². The van der Waals surface area contributed by atoms with Crippen molar-refractivity contribution >= 4 is 0 Å². The van der Waals surface area contributed by atoms with Crippen LogP contribution in [0.3, 0.4) is 0 Å². The lowest BCUT2D eigenvalue weighted by atomic mass is 9.88. The second-order valence-corrected chi connectivity index (χ2v) is 7.69. The summed E-state index contributed by atoms with van der Waals surface area (Å²) in [5, 5.41) is 0. The number of rotatable bonds is 3. The summed E-state index contributed by atoms with van der Waals surface area (Å²) in [4.78, 5) is 14.9. The maximum atomic E-state index is 5.00. The second-order valence-electron chi connectivity index (χ2n) is 7.69. The lowest BCUT2D eigenvalue weighted by Gasteiger charge is -2.24. The van der Waals surface area contributed by atoms with E-state index in [4.69, 9.17) is 15.0 Å². The van der Waals surface area contributed by atoms with Crippen LogP contribution in [0.15, 0.2) is 24.3 Å². The van der Waals surface area contributed by atoms with E-state index in [2.05, 4.69) is 24.3 Å². The molecular weight excluding hydrogens is 294 g/mol. The Morgan fingerprint density at radius 1 is 0.625 bits per heavy atom. The predicted molar refractivity (Wildman–Crippen MR) is 97.1 cm³/mol. The SMILES string of the molecule is C1=CC(c2nc(C3CC=CCC3)nc(C3CCCCC3)n2)CCC1. The lowest BCUT2D eigenvalue weighted by molar-refractivity contribution is 0.420. The van der Waals surface area contributed by atoms with Gasteiger partial charge in [0, 0.05) is 17.8 Å². The van der Waals surface area contributed by atoms with Gasteiger partial charge in [-0.15, -0.1) is 0 Å². The molecule has 1 fully saturated rings. The van der Waals surface area contributed by atoms with Crippen LogP contribution in [0.4, 0.5) is 0 Å². The van der Waals surface area contributed by atoms with Gasteiger partial charge < -0.3 is 0 Å². The second kappa shape index (κ2) is 7.58. The summed E-state index contributed by atoms with van der Waals surface area (Å²) in [6, 6.07) is 0. The molecule has 3 nitrogen and oxygen atoms in total. The Bertz CT molecular complexity index is 614. The van der Waals surface area contributed by atoms with Gasteiger partial charge in [-0.25, -0.2) is 15.0 Å². The minimum atomic E-state index is 0.405. The average Bonchev–Trinajstić information content (AvgIpc) is 2.70. The molecule has 0 N–H and O–H groups in total. The van der Waals surface area contributed by atoms with E-state index in [0.717, 1.165) is 30.3 Å². The highest BCUT2D eigenvalue weighted by Gasteiger charge is 2.25. The summed E-state index contributed by atoms with van der Waals surface area (Å²) in [7, 11) is 0. The Kier molecular flexibility index (Phi) is 5.05. The summed E-state index contributed by atoms with van der Waals surface area (Å²) >= 11 is 0. The summed E-state index contributed by atoms with van der Waals surface area (Å²) in [5.41, 5.74) is 0. The molecule has 3 aliphatic rings. The van der Waals surface area contributed by atoms with Gasteiger partial charge in [-0.3, -0.25) is 0 Å². The molecule has 3 aliphatic carbocycles. The number of hydrogen-bond donors (Lipinski definition) is 0. The molecule has 0 aliphatic heterocycles. The third kappa shape index (κ3) is 3.60. The smallest absolute Gasteiger partial charge is 0.139 e. The normalized spacial score (nSPS) is 28.2. The first-order valence-corrected chi connectivity index (χ1v) is 9.97. The maximum Gasteiger partial charge on any atom is 0.139 e. The van der Waals surface area contributed by atoms with Crippen LogP contribution in [-0.4, -0.2) is 15.0 Å². The quantitative estimate of drug-likeness (QED) is 0.683. The van der Waals surface area contributed by atoms with E-state index in [1.807, 2.05) is 0 Å². The Morgan fingerprint density at radius 3 is 2.12 bits per heavy atom. The highest BCUT2D eigenvalue weighted by molar-refractivity contribution is 5.16. The molecule has 0 saturated heterocycles. The molecule has 128 valence electrons. The summed E-state index contributed by atoms with van der Waals surface area (Å²) in [6.45, 7) is 0. The Labute approximate surface area is 145 Å². The Balaban J connectivity index is 1.67. The van der Waals surface area contributed by atoms with Gasteiger partial charge in [-0.05, 0) is 51.4 Å². The first-order chi connectivity index (χ1) is 11.9. The Morgan fingerprint density at radius 2 is 1.42 bits per heavy atom. The number of nitrogens with zero attached hydrogens (tertiary/aromatic N) is 3. The molecule has 0 bridgehead atoms. The minimum absolute atomic E-state index is 0.405. The van der Waals surface area contributed by atoms with Gasteiger partial charge in [0.15, 0.2) is 0 Å². The van der Waals surface area contributed by atoms with Crippen LogP contribution < -0.4 is 0 Å². The summed E-state index contributed by atoms with van der Waals surface area (Å²) in [5.74, 6) is 4.68. The molecular formula is C21H29N3. The minimum Gasteiger partial charge on any atom is -0.217 e. The first kappa shape index (κ1) is 16.0. The third-order valence-electron chi connectivity index (χ3n) is 5.88. The largest absolute Gasteiger partial charge is 0.217 e. The van der Waals surface area contributed by atoms with E-state index < -0.39 is 0 Å². The molecule has 0 radical (unpaired) electrons. The molecule has 3 heteroatoms. The predicted octanol–water partition coefficient (Wildman–Crippen LogP) is 5.57. The fraction of sp³-hybridized carbons (Fsp3) is 0.667. The average molecular weight is 323 g/mol. The van der Waals surface area contributed by atoms with Gasteiger partial charge >= 0.3 is 0 Å². The maximum absolute atomic E-state index is 5.00. The molecule has 0 amide bonds. The van der Waals surface area contributed by atoms with Crippen LogP contribution in [0.1, 0.15) is 106 Å². The fourth-order valence-electron chi connectivity index (χ4n) is 4.37. The van der Waals surface area contributed by atoms with Crippen LogP contribution in [-0.2, 0) is 0 Å². The molecule has 2 unspecified atom stereocenters. The fourth-order valence-corrected chi connectivity index (χ4v) is 4.37. The molecule has 0 aromatic carbocycles. The lowest BCUT2D eigenvalue weighted by Crippen LogP contribution is -2.18. The van der Waals surface area contributed by atoms with E-state index in [9.17, 15) is 0 Å². The molecule has 1 aromatic rings. The molecule has 0 spiro atoms. The standard InChI is InChI=1S/C21H29N3/c1-4-10-16(11-5-1)19-22-20(17-12-6-2-7-13-17)24-21(23-19)18-14-8-3-9-15-18/h1,4,6,12,16-18H,2-3,5,7-11,13-15H2. The monoisotopic (exact) mass is 323 g/mol.